The summed E-state index contributed by atoms with van der Waals surface area (Å²) < 4.78 is 8.90. The third kappa shape index (κ3) is 2.44. The Morgan fingerprint density at radius 3 is 1.52 bits per heavy atom. The molecule has 0 spiro atoms. The summed E-state index contributed by atoms with van der Waals surface area (Å²) in [7, 11) is 0. The summed E-state index contributed by atoms with van der Waals surface area (Å²) in [6.45, 7) is 4.51. The van der Waals surface area contributed by atoms with E-state index < -0.39 is 0 Å². The van der Waals surface area contributed by atoms with Crippen LogP contribution < -0.4 is 0 Å². The molecule has 0 aliphatic rings. The topological polar surface area (TPSA) is 0 Å². The predicted octanol–water partition coefficient (Wildman–Crippen LogP) is 8.39. The van der Waals surface area contributed by atoms with Crippen molar-refractivity contribution in [2.45, 2.75) is 39.5 Å². The van der Waals surface area contributed by atoms with Gasteiger partial charge in [0.05, 0.1) is 18.8 Å². The van der Waals surface area contributed by atoms with Crippen LogP contribution in [-0.2, 0) is 12.8 Å². The van der Waals surface area contributed by atoms with Crippen LogP contribution in [0.25, 0.3) is 39.0 Å². The summed E-state index contributed by atoms with van der Waals surface area (Å²) in [5, 5.41) is 2.90. The molecule has 0 amide bonds. The molecule has 0 radical (unpaired) electrons. The molecule has 0 bridgehead atoms. The van der Waals surface area contributed by atoms with Crippen LogP contribution in [0.1, 0.15) is 37.8 Å². The van der Waals surface area contributed by atoms with Crippen molar-refractivity contribution in [3.05, 3.63) is 47.5 Å². The fourth-order valence-corrected chi connectivity index (χ4v) is 8.12. The Morgan fingerprint density at radius 1 is 0.600 bits per heavy atom. The molecule has 0 saturated carbocycles. The molecule has 0 aliphatic carbocycles. The van der Waals surface area contributed by atoms with Crippen molar-refractivity contribution in [1.29, 1.82) is 0 Å². The first-order valence-corrected chi connectivity index (χ1v) is 11.5. The van der Waals surface area contributed by atoms with E-state index in [1.165, 1.54) is 75.8 Å². The zero-order chi connectivity index (χ0) is 17.0. The van der Waals surface area contributed by atoms with Gasteiger partial charge in [0.1, 0.15) is 0 Å². The third-order valence-corrected chi connectivity index (χ3v) is 8.89. The number of hydrogen-bond acceptors (Lipinski definition) is 3. The fourth-order valence-electron chi connectivity index (χ4n) is 3.73. The molecule has 5 rings (SSSR count). The first kappa shape index (κ1) is 15.8. The maximum absolute atomic E-state index is 2.41. The summed E-state index contributed by atoms with van der Waals surface area (Å²) >= 11 is 5.97. The monoisotopic (exact) mass is 380 g/mol. The second-order valence-corrected chi connectivity index (χ2v) is 9.91. The number of thiophene rings is 3. The molecular formula is C22H20S3. The van der Waals surface area contributed by atoms with Crippen LogP contribution in [0.2, 0.25) is 0 Å². The highest BCUT2D eigenvalue weighted by atomic mass is 32.1. The molecule has 2 aromatic carbocycles. The lowest BCUT2D eigenvalue weighted by atomic mass is 10.1. The van der Waals surface area contributed by atoms with Crippen molar-refractivity contribution >= 4 is 73.0 Å². The maximum Gasteiger partial charge on any atom is 0.0642 e. The smallest absolute Gasteiger partial charge is 0.0642 e. The van der Waals surface area contributed by atoms with Crippen molar-refractivity contribution in [3.63, 3.8) is 0 Å². The van der Waals surface area contributed by atoms with Crippen molar-refractivity contribution < 1.29 is 0 Å². The Hall–Kier alpha value is -1.42. The van der Waals surface area contributed by atoms with Gasteiger partial charge in [-0.25, -0.2) is 0 Å². The standard InChI is InChI=1S/C22H20S3/c1-3-5-13-7-9-15-17(11-13)23-21-19(15)25-20-16-10-8-14(6-4-2)12-18(16)24-22(20)21/h7-12H,3-6H2,1-2H3. The Balaban J connectivity index is 1.76. The van der Waals surface area contributed by atoms with E-state index in [-0.39, 0.29) is 0 Å². The molecule has 126 valence electrons. The Labute approximate surface area is 159 Å². The highest BCUT2D eigenvalue weighted by Gasteiger charge is 2.16. The van der Waals surface area contributed by atoms with Gasteiger partial charge in [-0.3, -0.25) is 0 Å². The highest BCUT2D eigenvalue weighted by Crippen LogP contribution is 2.50. The number of fused-ring (bicyclic) bond motifs is 7. The molecule has 3 heteroatoms. The minimum Gasteiger partial charge on any atom is -0.133 e. The molecule has 0 N–H and O–H groups in total. The van der Waals surface area contributed by atoms with Crippen molar-refractivity contribution in [1.82, 2.24) is 0 Å². The third-order valence-electron chi connectivity index (χ3n) is 4.91. The first-order valence-electron chi connectivity index (χ1n) is 9.07. The zero-order valence-electron chi connectivity index (χ0n) is 14.5. The van der Waals surface area contributed by atoms with Crippen molar-refractivity contribution in [3.8, 4) is 0 Å². The summed E-state index contributed by atoms with van der Waals surface area (Å²) in [6.07, 6.45) is 4.79. The molecular weight excluding hydrogens is 360 g/mol. The van der Waals surface area contributed by atoms with Crippen LogP contribution >= 0.6 is 34.0 Å². The molecule has 0 fully saturated rings. The quantitative estimate of drug-likeness (QED) is 0.294. The van der Waals surface area contributed by atoms with E-state index in [0.717, 1.165) is 0 Å². The largest absolute Gasteiger partial charge is 0.133 e. The summed E-state index contributed by atoms with van der Waals surface area (Å²) in [4.78, 5) is 0. The van der Waals surface area contributed by atoms with E-state index in [4.69, 9.17) is 0 Å². The molecule has 0 nitrogen and oxygen atoms in total. The van der Waals surface area contributed by atoms with Gasteiger partial charge in [0.15, 0.2) is 0 Å². The number of hydrogen-bond donors (Lipinski definition) is 0. The Morgan fingerprint density at radius 2 is 1.08 bits per heavy atom. The van der Waals surface area contributed by atoms with E-state index in [2.05, 4.69) is 50.2 Å². The van der Waals surface area contributed by atoms with E-state index in [1.807, 2.05) is 34.0 Å². The van der Waals surface area contributed by atoms with Crippen molar-refractivity contribution in [2.24, 2.45) is 0 Å². The average Bonchev–Trinajstić information content (AvgIpc) is 3.23. The molecule has 3 heterocycles. The molecule has 25 heavy (non-hydrogen) atoms. The number of benzene rings is 2. The van der Waals surface area contributed by atoms with Gasteiger partial charge in [-0.05, 0) is 36.1 Å². The number of rotatable bonds is 4. The second kappa shape index (κ2) is 6.08. The lowest BCUT2D eigenvalue weighted by Gasteiger charge is -1.98. The van der Waals surface area contributed by atoms with Gasteiger partial charge in [-0.2, -0.15) is 0 Å². The van der Waals surface area contributed by atoms with Gasteiger partial charge in [0.2, 0.25) is 0 Å². The predicted molar refractivity (Wildman–Crippen MR) is 118 cm³/mol. The second-order valence-electron chi connectivity index (χ2n) is 6.78. The lowest BCUT2D eigenvalue weighted by Crippen LogP contribution is -1.80. The van der Waals surface area contributed by atoms with Gasteiger partial charge in [0, 0.05) is 20.2 Å². The maximum atomic E-state index is 2.41. The Bertz CT molecular complexity index is 1120. The van der Waals surface area contributed by atoms with Gasteiger partial charge in [-0.15, -0.1) is 34.0 Å². The molecule has 0 unspecified atom stereocenters. The molecule has 0 saturated heterocycles. The van der Waals surface area contributed by atoms with Crippen LogP contribution in [0.5, 0.6) is 0 Å². The van der Waals surface area contributed by atoms with Crippen LogP contribution in [-0.4, -0.2) is 0 Å². The molecule has 3 aromatic heterocycles. The SMILES string of the molecule is CCCc1ccc2c(c1)sc1c2sc2c3ccc(CCC)cc3sc21. The van der Waals surface area contributed by atoms with E-state index in [1.54, 1.807) is 0 Å². The van der Waals surface area contributed by atoms with Gasteiger partial charge >= 0.3 is 0 Å². The Kier molecular flexibility index (Phi) is 3.85. The summed E-state index contributed by atoms with van der Waals surface area (Å²) in [5.41, 5.74) is 2.95. The fraction of sp³-hybridized carbons (Fsp3) is 0.273. The molecule has 0 aliphatic heterocycles. The van der Waals surface area contributed by atoms with Gasteiger partial charge in [-0.1, -0.05) is 51.0 Å². The molecule has 0 atom stereocenters. The lowest BCUT2D eigenvalue weighted by molar-refractivity contribution is 0.924. The van der Waals surface area contributed by atoms with Crippen molar-refractivity contribution in [2.75, 3.05) is 0 Å². The minimum atomic E-state index is 1.18. The number of aryl methyl sites for hydroxylation is 2. The van der Waals surface area contributed by atoms with Gasteiger partial charge in [0.25, 0.3) is 0 Å². The van der Waals surface area contributed by atoms with Gasteiger partial charge < -0.3 is 0 Å². The van der Waals surface area contributed by atoms with E-state index in [0.29, 0.717) is 0 Å². The highest BCUT2D eigenvalue weighted by molar-refractivity contribution is 7.43. The van der Waals surface area contributed by atoms with Crippen LogP contribution in [0.15, 0.2) is 36.4 Å². The first-order chi connectivity index (χ1) is 12.3. The van der Waals surface area contributed by atoms with E-state index >= 15 is 0 Å². The van der Waals surface area contributed by atoms with E-state index in [9.17, 15) is 0 Å². The van der Waals surface area contributed by atoms with Crippen LogP contribution in [0.3, 0.4) is 0 Å². The zero-order valence-corrected chi connectivity index (χ0v) is 17.0. The van der Waals surface area contributed by atoms with Crippen LogP contribution in [0.4, 0.5) is 0 Å². The average molecular weight is 381 g/mol. The molecule has 5 aromatic rings. The summed E-state index contributed by atoms with van der Waals surface area (Å²) in [5.74, 6) is 0. The summed E-state index contributed by atoms with van der Waals surface area (Å²) in [6, 6.07) is 14.2. The normalized spacial score (nSPS) is 12.2. The minimum absolute atomic E-state index is 1.18. The van der Waals surface area contributed by atoms with Crippen LogP contribution in [0, 0.1) is 0 Å².